The molecule has 0 saturated heterocycles. The summed E-state index contributed by atoms with van der Waals surface area (Å²) in [5, 5.41) is 11.6. The zero-order valence-electron chi connectivity index (χ0n) is 12.3. The Hall–Kier alpha value is -2.05. The van der Waals surface area contributed by atoms with Gasteiger partial charge < -0.3 is 10.4 Å². The summed E-state index contributed by atoms with van der Waals surface area (Å²) in [6, 6.07) is 6.83. The fourth-order valence-electron chi connectivity index (χ4n) is 2.92. The van der Waals surface area contributed by atoms with Crippen molar-refractivity contribution in [3.8, 4) is 0 Å². The Bertz CT molecular complexity index is 559. The van der Waals surface area contributed by atoms with Crippen LogP contribution in [0.4, 0.5) is 13.2 Å². The van der Waals surface area contributed by atoms with Crippen LogP contribution in [0.3, 0.4) is 0 Å². The zero-order chi connectivity index (χ0) is 17.0. The van der Waals surface area contributed by atoms with Crippen molar-refractivity contribution in [2.24, 2.45) is 11.8 Å². The van der Waals surface area contributed by atoms with E-state index in [0.29, 0.717) is 18.4 Å². The van der Waals surface area contributed by atoms with Gasteiger partial charge in [0.1, 0.15) is 0 Å². The van der Waals surface area contributed by atoms with Crippen LogP contribution >= 0.6 is 0 Å². The van der Waals surface area contributed by atoms with Gasteiger partial charge in [-0.05, 0) is 24.8 Å². The average molecular weight is 329 g/mol. The maximum absolute atomic E-state index is 12.8. The minimum atomic E-state index is -4.31. The van der Waals surface area contributed by atoms with E-state index in [2.05, 4.69) is 5.32 Å². The molecule has 1 aromatic carbocycles. The summed E-state index contributed by atoms with van der Waals surface area (Å²) in [5.41, 5.74) is 0.386. The van der Waals surface area contributed by atoms with Gasteiger partial charge in [0.25, 0.3) is 0 Å². The first-order chi connectivity index (χ1) is 10.8. The van der Waals surface area contributed by atoms with Crippen molar-refractivity contribution in [1.29, 1.82) is 0 Å². The number of hydrogen-bond donors (Lipinski definition) is 2. The number of carboxylic acids is 1. The molecular formula is C16H18F3NO3. The van der Waals surface area contributed by atoms with Gasteiger partial charge in [-0.3, -0.25) is 4.79 Å². The summed E-state index contributed by atoms with van der Waals surface area (Å²) >= 11 is 0. The highest BCUT2D eigenvalue weighted by molar-refractivity contribution is 5.85. The van der Waals surface area contributed by atoms with Gasteiger partial charge in [-0.15, -0.1) is 0 Å². The summed E-state index contributed by atoms with van der Waals surface area (Å²) in [6.07, 6.45) is -3.92. The first kappa shape index (κ1) is 17.3. The standard InChI is InChI=1S/C16H18F3NO3/c17-16(18,19)12-8-4-7-11(9-12)14(21)20-13(15(22)23)10-5-2-1-3-6-10/h1-3,5-6,11-13H,4,7-9H2,(H,20,21)(H,22,23)/t11?,12?,13-/m0/s1. The van der Waals surface area contributed by atoms with Crippen molar-refractivity contribution >= 4 is 11.9 Å². The molecule has 1 fully saturated rings. The van der Waals surface area contributed by atoms with Crippen LogP contribution < -0.4 is 5.32 Å². The van der Waals surface area contributed by atoms with Gasteiger partial charge in [0, 0.05) is 5.92 Å². The highest BCUT2D eigenvalue weighted by atomic mass is 19.4. The van der Waals surface area contributed by atoms with Gasteiger partial charge in [-0.2, -0.15) is 13.2 Å². The maximum atomic E-state index is 12.8. The van der Waals surface area contributed by atoms with Crippen molar-refractivity contribution in [1.82, 2.24) is 5.32 Å². The summed E-state index contributed by atoms with van der Waals surface area (Å²) in [7, 11) is 0. The van der Waals surface area contributed by atoms with E-state index in [1.807, 2.05) is 0 Å². The Labute approximate surface area is 131 Å². The zero-order valence-corrected chi connectivity index (χ0v) is 12.3. The number of nitrogens with one attached hydrogen (secondary N) is 1. The first-order valence-corrected chi connectivity index (χ1v) is 7.44. The lowest BCUT2D eigenvalue weighted by Crippen LogP contribution is -2.41. The molecule has 2 unspecified atom stereocenters. The lowest BCUT2D eigenvalue weighted by atomic mass is 9.80. The van der Waals surface area contributed by atoms with Gasteiger partial charge in [-0.25, -0.2) is 4.79 Å². The molecule has 126 valence electrons. The highest BCUT2D eigenvalue weighted by Crippen LogP contribution is 2.40. The predicted molar refractivity (Wildman–Crippen MR) is 76.5 cm³/mol. The Balaban J connectivity index is 2.06. The predicted octanol–water partition coefficient (Wildman–Crippen LogP) is 3.30. The molecule has 2 rings (SSSR count). The number of benzene rings is 1. The van der Waals surface area contributed by atoms with Crippen LogP contribution in [0.2, 0.25) is 0 Å². The van der Waals surface area contributed by atoms with E-state index >= 15 is 0 Å². The summed E-state index contributed by atoms with van der Waals surface area (Å²) in [4.78, 5) is 23.6. The van der Waals surface area contributed by atoms with Crippen LogP contribution in [0, 0.1) is 11.8 Å². The summed E-state index contributed by atoms with van der Waals surface area (Å²) in [6.45, 7) is 0. The van der Waals surface area contributed by atoms with Crippen molar-refractivity contribution in [3.05, 3.63) is 35.9 Å². The Morgan fingerprint density at radius 3 is 2.39 bits per heavy atom. The Kier molecular flexibility index (Phi) is 5.28. The molecule has 0 bridgehead atoms. The third kappa shape index (κ3) is 4.46. The first-order valence-electron chi connectivity index (χ1n) is 7.44. The molecule has 0 heterocycles. The number of carbonyl (C=O) groups is 2. The minimum Gasteiger partial charge on any atom is -0.479 e. The number of alkyl halides is 3. The second kappa shape index (κ2) is 7.02. The molecular weight excluding hydrogens is 311 g/mol. The smallest absolute Gasteiger partial charge is 0.391 e. The average Bonchev–Trinajstić information content (AvgIpc) is 2.52. The van der Waals surface area contributed by atoms with E-state index in [9.17, 15) is 27.9 Å². The van der Waals surface area contributed by atoms with E-state index < -0.39 is 35.9 Å². The Morgan fingerprint density at radius 1 is 1.17 bits per heavy atom. The van der Waals surface area contributed by atoms with Gasteiger partial charge in [0.2, 0.25) is 5.91 Å². The van der Waals surface area contributed by atoms with Crippen LogP contribution in [0.25, 0.3) is 0 Å². The van der Waals surface area contributed by atoms with Crippen molar-refractivity contribution < 1.29 is 27.9 Å². The monoisotopic (exact) mass is 329 g/mol. The largest absolute Gasteiger partial charge is 0.479 e. The lowest BCUT2D eigenvalue weighted by molar-refractivity contribution is -0.186. The van der Waals surface area contributed by atoms with Gasteiger partial charge >= 0.3 is 12.1 Å². The van der Waals surface area contributed by atoms with E-state index in [-0.39, 0.29) is 12.8 Å². The second-order valence-corrected chi connectivity index (χ2v) is 5.79. The van der Waals surface area contributed by atoms with Crippen LogP contribution in [0.15, 0.2) is 30.3 Å². The molecule has 1 aliphatic carbocycles. The third-order valence-corrected chi connectivity index (χ3v) is 4.17. The Morgan fingerprint density at radius 2 is 1.83 bits per heavy atom. The summed E-state index contributed by atoms with van der Waals surface area (Å²) < 4.78 is 38.4. The highest BCUT2D eigenvalue weighted by Gasteiger charge is 2.43. The van der Waals surface area contributed by atoms with Crippen molar-refractivity contribution in [2.45, 2.75) is 37.9 Å². The number of aliphatic carboxylic acids is 1. The summed E-state index contributed by atoms with van der Waals surface area (Å²) in [5.74, 6) is -4.17. The molecule has 1 saturated carbocycles. The third-order valence-electron chi connectivity index (χ3n) is 4.17. The fraction of sp³-hybridized carbons (Fsp3) is 0.500. The van der Waals surface area contributed by atoms with E-state index in [0.717, 1.165) is 0 Å². The molecule has 0 aliphatic heterocycles. The molecule has 4 nitrogen and oxygen atoms in total. The second-order valence-electron chi connectivity index (χ2n) is 5.79. The van der Waals surface area contributed by atoms with Gasteiger partial charge in [0.05, 0.1) is 5.92 Å². The maximum Gasteiger partial charge on any atom is 0.391 e. The number of carbonyl (C=O) groups excluding carboxylic acids is 1. The topological polar surface area (TPSA) is 66.4 Å². The van der Waals surface area contributed by atoms with Gasteiger partial charge in [0.15, 0.2) is 6.04 Å². The van der Waals surface area contributed by atoms with Crippen molar-refractivity contribution in [2.75, 3.05) is 0 Å². The number of halogens is 3. The van der Waals surface area contributed by atoms with Crippen LogP contribution in [0.1, 0.15) is 37.3 Å². The molecule has 0 radical (unpaired) electrons. The van der Waals surface area contributed by atoms with E-state index in [1.165, 1.54) is 0 Å². The van der Waals surface area contributed by atoms with Crippen LogP contribution in [-0.2, 0) is 9.59 Å². The van der Waals surface area contributed by atoms with Gasteiger partial charge in [-0.1, -0.05) is 36.8 Å². The number of amides is 1. The quantitative estimate of drug-likeness (QED) is 0.891. The lowest BCUT2D eigenvalue weighted by Gasteiger charge is -2.30. The molecule has 1 aromatic rings. The molecule has 0 spiro atoms. The molecule has 0 aromatic heterocycles. The SMILES string of the molecule is O=C(N[C@H](C(=O)O)c1ccccc1)C1CCCC(C(F)(F)F)C1. The molecule has 23 heavy (non-hydrogen) atoms. The van der Waals surface area contributed by atoms with Crippen molar-refractivity contribution in [3.63, 3.8) is 0 Å². The molecule has 1 aliphatic rings. The van der Waals surface area contributed by atoms with E-state index in [1.54, 1.807) is 30.3 Å². The van der Waals surface area contributed by atoms with Crippen LogP contribution in [-0.4, -0.2) is 23.2 Å². The molecule has 2 N–H and O–H groups in total. The molecule has 7 heteroatoms. The minimum absolute atomic E-state index is 0.0221. The molecule has 1 amide bonds. The number of rotatable bonds is 4. The normalized spacial score (nSPS) is 23.1. The van der Waals surface area contributed by atoms with E-state index in [4.69, 9.17) is 0 Å². The fourth-order valence-corrected chi connectivity index (χ4v) is 2.92. The number of carboxylic acid groups (broad SMARTS) is 1. The number of hydrogen-bond acceptors (Lipinski definition) is 2. The van der Waals surface area contributed by atoms with Crippen LogP contribution in [0.5, 0.6) is 0 Å². The molecule has 3 atom stereocenters.